The van der Waals surface area contributed by atoms with Crippen LogP contribution in [0, 0.1) is 0 Å². The van der Waals surface area contributed by atoms with E-state index in [1.54, 1.807) is 13.1 Å². The van der Waals surface area contributed by atoms with E-state index in [1.165, 1.54) is 21.8 Å². The van der Waals surface area contributed by atoms with Crippen LogP contribution in [0.25, 0.3) is 22.0 Å². The number of pyridine rings is 1. The molecule has 5 rings (SSSR count). The van der Waals surface area contributed by atoms with Crippen LogP contribution in [-0.2, 0) is 9.59 Å². The highest BCUT2D eigenvalue weighted by atomic mass is 32.1. The Morgan fingerprint density at radius 3 is 2.64 bits per heavy atom. The van der Waals surface area contributed by atoms with Gasteiger partial charge in [-0.25, -0.2) is 4.98 Å². The molecule has 1 atom stereocenters. The summed E-state index contributed by atoms with van der Waals surface area (Å²) in [5, 5.41) is 5.66. The first-order chi connectivity index (χ1) is 17.4. The fourth-order valence-electron chi connectivity index (χ4n) is 4.04. The molecule has 36 heavy (non-hydrogen) atoms. The predicted octanol–water partition coefficient (Wildman–Crippen LogP) is 5.75. The number of nitrogens with zero attached hydrogens (tertiary/aromatic N) is 3. The Kier molecular flexibility index (Phi) is 6.52. The van der Waals surface area contributed by atoms with Crippen LogP contribution in [0.2, 0.25) is 0 Å². The summed E-state index contributed by atoms with van der Waals surface area (Å²) in [5.41, 5.74) is 4.83. The number of benzene rings is 2. The van der Waals surface area contributed by atoms with Gasteiger partial charge in [0.05, 0.1) is 17.1 Å². The summed E-state index contributed by atoms with van der Waals surface area (Å²) in [6.45, 7) is 5.81. The Hall–Kier alpha value is -4.04. The topological polar surface area (TPSA) is 84.4 Å². The maximum absolute atomic E-state index is 13.0. The van der Waals surface area contributed by atoms with E-state index in [1.807, 2.05) is 66.0 Å². The van der Waals surface area contributed by atoms with Crippen molar-refractivity contribution in [3.05, 3.63) is 77.8 Å². The first-order valence-electron chi connectivity index (χ1n) is 11.8. The van der Waals surface area contributed by atoms with Crippen molar-refractivity contribution in [2.24, 2.45) is 0 Å². The zero-order chi connectivity index (χ0) is 25.2. The van der Waals surface area contributed by atoms with E-state index >= 15 is 0 Å². The van der Waals surface area contributed by atoms with Gasteiger partial charge in [-0.05, 0) is 60.9 Å². The minimum atomic E-state index is -0.684. The summed E-state index contributed by atoms with van der Waals surface area (Å²) in [6, 6.07) is 19.0. The monoisotopic (exact) mass is 498 g/mol. The Morgan fingerprint density at radius 2 is 1.92 bits per heavy atom. The summed E-state index contributed by atoms with van der Waals surface area (Å²) in [7, 11) is 0. The van der Waals surface area contributed by atoms with Crippen LogP contribution in [0.1, 0.15) is 32.3 Å². The highest BCUT2D eigenvalue weighted by Gasteiger charge is 2.33. The number of carbonyl (C=O) groups excluding carboxylic acids is 2. The van der Waals surface area contributed by atoms with Crippen molar-refractivity contribution in [1.82, 2.24) is 9.97 Å². The molecule has 1 unspecified atom stereocenters. The summed E-state index contributed by atoms with van der Waals surface area (Å²) in [5.74, 6) is 0.417. The molecule has 2 aromatic carbocycles. The lowest BCUT2D eigenvalue weighted by Gasteiger charge is -2.32. The largest absolute Gasteiger partial charge is 0.479 e. The van der Waals surface area contributed by atoms with E-state index in [4.69, 9.17) is 9.72 Å². The van der Waals surface area contributed by atoms with Crippen LogP contribution in [0.4, 0.5) is 11.4 Å². The predicted molar refractivity (Wildman–Crippen MR) is 142 cm³/mol. The fourth-order valence-corrected chi connectivity index (χ4v) is 4.84. The van der Waals surface area contributed by atoms with Gasteiger partial charge in [0.1, 0.15) is 17.3 Å². The molecule has 3 heterocycles. The van der Waals surface area contributed by atoms with Crippen LogP contribution < -0.4 is 15.0 Å². The average Bonchev–Trinajstić information content (AvgIpc) is 3.38. The maximum atomic E-state index is 13.0. The van der Waals surface area contributed by atoms with Crippen LogP contribution >= 0.6 is 11.3 Å². The number of hydrogen-bond donors (Lipinski definition) is 1. The highest BCUT2D eigenvalue weighted by molar-refractivity contribution is 7.13. The van der Waals surface area contributed by atoms with Crippen molar-refractivity contribution in [3.63, 3.8) is 0 Å². The molecule has 2 aromatic heterocycles. The SMILES string of the molecule is CC1Oc2ccc(-c3csc(-c4ccccn4)n3)cc2N(CC(=O)Nc2ccc(C(C)C)cc2)C1=O. The minimum Gasteiger partial charge on any atom is -0.479 e. The molecule has 1 N–H and O–H groups in total. The molecule has 1 aliphatic heterocycles. The second kappa shape index (κ2) is 9.91. The van der Waals surface area contributed by atoms with E-state index in [0.29, 0.717) is 23.0 Å². The van der Waals surface area contributed by atoms with Crippen LogP contribution in [0.15, 0.2) is 72.2 Å². The van der Waals surface area contributed by atoms with Crippen molar-refractivity contribution in [2.45, 2.75) is 32.8 Å². The summed E-state index contributed by atoms with van der Waals surface area (Å²) >= 11 is 1.50. The third-order valence-corrected chi connectivity index (χ3v) is 6.88. The second-order valence-electron chi connectivity index (χ2n) is 8.94. The Bertz CT molecular complexity index is 1400. The van der Waals surface area contributed by atoms with Gasteiger partial charge >= 0.3 is 0 Å². The Balaban J connectivity index is 1.39. The van der Waals surface area contributed by atoms with E-state index in [2.05, 4.69) is 24.1 Å². The fraction of sp³-hybridized carbons (Fsp3) is 0.214. The summed E-state index contributed by atoms with van der Waals surface area (Å²) < 4.78 is 5.82. The molecule has 2 amide bonds. The molecule has 7 nitrogen and oxygen atoms in total. The number of amides is 2. The zero-order valence-electron chi connectivity index (χ0n) is 20.3. The number of hydrogen-bond acceptors (Lipinski definition) is 6. The Morgan fingerprint density at radius 1 is 1.11 bits per heavy atom. The smallest absolute Gasteiger partial charge is 0.268 e. The molecular weight excluding hydrogens is 472 g/mol. The van der Waals surface area contributed by atoms with E-state index < -0.39 is 6.10 Å². The summed E-state index contributed by atoms with van der Waals surface area (Å²) in [6.07, 6.45) is 1.05. The zero-order valence-corrected chi connectivity index (χ0v) is 21.1. The number of nitrogens with one attached hydrogen (secondary N) is 1. The van der Waals surface area contributed by atoms with Crippen molar-refractivity contribution >= 4 is 34.5 Å². The molecule has 0 radical (unpaired) electrons. The van der Waals surface area contributed by atoms with Gasteiger partial charge in [-0.3, -0.25) is 19.5 Å². The number of anilines is 2. The number of fused-ring (bicyclic) bond motifs is 1. The third kappa shape index (κ3) is 4.85. The maximum Gasteiger partial charge on any atom is 0.268 e. The third-order valence-electron chi connectivity index (χ3n) is 6.01. The molecule has 0 fully saturated rings. The van der Waals surface area contributed by atoms with Gasteiger partial charge in [0, 0.05) is 22.8 Å². The lowest BCUT2D eigenvalue weighted by Crippen LogP contribution is -2.47. The standard InChI is InChI=1S/C28H26N4O3S/c1-17(2)19-7-10-21(11-8-19)30-26(33)15-32-24-14-20(9-12-25(24)35-18(3)28(32)34)23-16-36-27(31-23)22-6-4-5-13-29-22/h4-14,16-18H,15H2,1-3H3,(H,30,33). The number of ether oxygens (including phenoxy) is 1. The van der Waals surface area contributed by atoms with Gasteiger partial charge in [0.25, 0.3) is 5.91 Å². The highest BCUT2D eigenvalue weighted by Crippen LogP contribution is 2.38. The van der Waals surface area contributed by atoms with Gasteiger partial charge in [-0.15, -0.1) is 11.3 Å². The first kappa shape index (κ1) is 23.7. The van der Waals surface area contributed by atoms with E-state index in [-0.39, 0.29) is 18.4 Å². The molecule has 182 valence electrons. The quantitative estimate of drug-likeness (QED) is 0.366. The normalized spacial score (nSPS) is 14.9. The molecule has 4 aromatic rings. The lowest BCUT2D eigenvalue weighted by atomic mass is 10.0. The number of aromatic nitrogens is 2. The second-order valence-corrected chi connectivity index (χ2v) is 9.80. The minimum absolute atomic E-state index is 0.120. The number of carbonyl (C=O) groups is 2. The van der Waals surface area contributed by atoms with Crippen LogP contribution in [0.5, 0.6) is 5.75 Å². The molecule has 0 saturated heterocycles. The van der Waals surface area contributed by atoms with Crippen LogP contribution in [0.3, 0.4) is 0 Å². The molecule has 0 bridgehead atoms. The molecule has 1 aliphatic rings. The molecule has 0 aliphatic carbocycles. The van der Waals surface area contributed by atoms with Gasteiger partial charge < -0.3 is 10.1 Å². The van der Waals surface area contributed by atoms with Gasteiger partial charge in [0.15, 0.2) is 6.10 Å². The molecule has 0 spiro atoms. The van der Waals surface area contributed by atoms with Gasteiger partial charge in [-0.1, -0.05) is 32.0 Å². The number of rotatable bonds is 6. The van der Waals surface area contributed by atoms with Crippen molar-refractivity contribution in [2.75, 3.05) is 16.8 Å². The van der Waals surface area contributed by atoms with E-state index in [9.17, 15) is 9.59 Å². The van der Waals surface area contributed by atoms with Crippen LogP contribution in [-0.4, -0.2) is 34.4 Å². The van der Waals surface area contributed by atoms with Crippen molar-refractivity contribution in [1.29, 1.82) is 0 Å². The lowest BCUT2D eigenvalue weighted by molar-refractivity contribution is -0.127. The summed E-state index contributed by atoms with van der Waals surface area (Å²) in [4.78, 5) is 36.5. The van der Waals surface area contributed by atoms with E-state index in [0.717, 1.165) is 22.0 Å². The molecule has 0 saturated carbocycles. The molecular formula is C28H26N4O3S. The van der Waals surface area contributed by atoms with Gasteiger partial charge in [-0.2, -0.15) is 0 Å². The Labute approximate surface area is 213 Å². The first-order valence-corrected chi connectivity index (χ1v) is 12.7. The molecule has 8 heteroatoms. The van der Waals surface area contributed by atoms with Gasteiger partial charge in [0.2, 0.25) is 5.91 Å². The number of thiazole rings is 1. The van der Waals surface area contributed by atoms with Crippen molar-refractivity contribution in [3.8, 4) is 27.7 Å². The average molecular weight is 499 g/mol. The van der Waals surface area contributed by atoms with Crippen molar-refractivity contribution < 1.29 is 14.3 Å².